The standard InChI is InChI=1S/C17H15Cl2NO4/c1-24-15-7-2-10(8-13(15)19)9-14(17(22)23)20-16(21)11-3-5-12(18)6-4-11/h2-8,14H,9H2,1H3,(H,20,21)(H,22,23)/t14-/m1/s1. The molecule has 0 spiro atoms. The van der Waals surface area contributed by atoms with Gasteiger partial charge in [-0.1, -0.05) is 29.3 Å². The Balaban J connectivity index is 2.12. The van der Waals surface area contributed by atoms with E-state index in [0.29, 0.717) is 26.9 Å². The van der Waals surface area contributed by atoms with Crippen LogP contribution in [0.15, 0.2) is 42.5 Å². The number of ether oxygens (including phenoxy) is 1. The van der Waals surface area contributed by atoms with Gasteiger partial charge in [-0.2, -0.15) is 0 Å². The molecule has 126 valence electrons. The van der Waals surface area contributed by atoms with Crippen molar-refractivity contribution in [2.24, 2.45) is 0 Å². The van der Waals surface area contributed by atoms with Crippen LogP contribution in [0.1, 0.15) is 15.9 Å². The molecular formula is C17H15Cl2NO4. The maximum absolute atomic E-state index is 12.2. The lowest BCUT2D eigenvalue weighted by molar-refractivity contribution is -0.139. The highest BCUT2D eigenvalue weighted by atomic mass is 35.5. The summed E-state index contributed by atoms with van der Waals surface area (Å²) in [6, 6.07) is 10.1. The van der Waals surface area contributed by atoms with Crippen LogP contribution in [0.3, 0.4) is 0 Å². The van der Waals surface area contributed by atoms with Crippen LogP contribution in [0.4, 0.5) is 0 Å². The number of aliphatic carboxylic acids is 1. The van der Waals surface area contributed by atoms with Crippen molar-refractivity contribution in [3.05, 3.63) is 63.6 Å². The minimum Gasteiger partial charge on any atom is -0.495 e. The zero-order valence-electron chi connectivity index (χ0n) is 12.8. The molecule has 0 aliphatic rings. The molecule has 0 saturated carbocycles. The molecule has 1 amide bonds. The van der Waals surface area contributed by atoms with E-state index in [2.05, 4.69) is 5.32 Å². The van der Waals surface area contributed by atoms with Gasteiger partial charge in [0.05, 0.1) is 12.1 Å². The topological polar surface area (TPSA) is 75.6 Å². The fourth-order valence-electron chi connectivity index (χ4n) is 2.12. The van der Waals surface area contributed by atoms with Gasteiger partial charge in [0.1, 0.15) is 11.8 Å². The molecule has 5 nitrogen and oxygen atoms in total. The largest absolute Gasteiger partial charge is 0.495 e. The fourth-order valence-corrected chi connectivity index (χ4v) is 2.52. The van der Waals surface area contributed by atoms with E-state index < -0.39 is 17.9 Å². The van der Waals surface area contributed by atoms with Crippen LogP contribution >= 0.6 is 23.2 Å². The third kappa shape index (κ3) is 4.63. The molecule has 2 N–H and O–H groups in total. The molecule has 2 rings (SSSR count). The van der Waals surface area contributed by atoms with E-state index in [0.717, 1.165) is 0 Å². The maximum atomic E-state index is 12.2. The molecule has 0 heterocycles. The summed E-state index contributed by atoms with van der Waals surface area (Å²) in [6.45, 7) is 0. The highest BCUT2D eigenvalue weighted by Gasteiger charge is 2.21. The molecule has 2 aromatic carbocycles. The molecule has 7 heteroatoms. The number of halogens is 2. The Morgan fingerprint density at radius 3 is 2.38 bits per heavy atom. The lowest BCUT2D eigenvalue weighted by atomic mass is 10.1. The first-order valence-corrected chi connectivity index (χ1v) is 7.78. The van der Waals surface area contributed by atoms with Crippen LogP contribution < -0.4 is 10.1 Å². The van der Waals surface area contributed by atoms with Crippen molar-refractivity contribution in [1.82, 2.24) is 5.32 Å². The van der Waals surface area contributed by atoms with E-state index in [1.54, 1.807) is 30.3 Å². The lowest BCUT2D eigenvalue weighted by Gasteiger charge is -2.15. The third-order valence-electron chi connectivity index (χ3n) is 3.37. The van der Waals surface area contributed by atoms with Crippen molar-refractivity contribution < 1.29 is 19.4 Å². The van der Waals surface area contributed by atoms with Gasteiger partial charge in [0.25, 0.3) is 5.91 Å². The van der Waals surface area contributed by atoms with Crippen molar-refractivity contribution in [2.45, 2.75) is 12.5 Å². The zero-order valence-corrected chi connectivity index (χ0v) is 14.3. The van der Waals surface area contributed by atoms with Gasteiger partial charge in [-0.05, 0) is 42.0 Å². The average Bonchev–Trinajstić information content (AvgIpc) is 2.54. The smallest absolute Gasteiger partial charge is 0.326 e. The minimum absolute atomic E-state index is 0.0956. The van der Waals surface area contributed by atoms with Gasteiger partial charge in [0.15, 0.2) is 0 Å². The number of nitrogens with one attached hydrogen (secondary N) is 1. The van der Waals surface area contributed by atoms with E-state index >= 15 is 0 Å². The van der Waals surface area contributed by atoms with Gasteiger partial charge >= 0.3 is 5.97 Å². The summed E-state index contributed by atoms with van der Waals surface area (Å²) in [6.07, 6.45) is 0.0956. The van der Waals surface area contributed by atoms with Crippen LogP contribution in [0, 0.1) is 0 Å². The van der Waals surface area contributed by atoms with Gasteiger partial charge in [-0.25, -0.2) is 4.79 Å². The fraction of sp³-hybridized carbons (Fsp3) is 0.176. The number of carbonyl (C=O) groups is 2. The van der Waals surface area contributed by atoms with Crippen molar-refractivity contribution in [3.63, 3.8) is 0 Å². The highest BCUT2D eigenvalue weighted by Crippen LogP contribution is 2.25. The normalized spacial score (nSPS) is 11.6. The second-order valence-corrected chi connectivity index (χ2v) is 5.89. The number of carboxylic acids is 1. The van der Waals surface area contributed by atoms with E-state index in [1.165, 1.54) is 19.2 Å². The van der Waals surface area contributed by atoms with E-state index in [1.807, 2.05) is 0 Å². The van der Waals surface area contributed by atoms with Crippen molar-refractivity contribution in [2.75, 3.05) is 7.11 Å². The summed E-state index contributed by atoms with van der Waals surface area (Å²) in [4.78, 5) is 23.6. The molecule has 1 atom stereocenters. The minimum atomic E-state index is -1.13. The summed E-state index contributed by atoms with van der Waals surface area (Å²) in [5.41, 5.74) is 1.00. The number of benzene rings is 2. The summed E-state index contributed by atoms with van der Waals surface area (Å²) in [5, 5.41) is 12.7. The van der Waals surface area contributed by atoms with Gasteiger partial charge in [-0.15, -0.1) is 0 Å². The molecule has 0 aromatic heterocycles. The molecule has 0 saturated heterocycles. The quantitative estimate of drug-likeness (QED) is 0.819. The van der Waals surface area contributed by atoms with Crippen molar-refractivity contribution in [1.29, 1.82) is 0 Å². The first-order chi connectivity index (χ1) is 11.4. The number of carboxylic acid groups (broad SMARTS) is 1. The summed E-state index contributed by atoms with van der Waals surface area (Å²) < 4.78 is 5.06. The Morgan fingerprint density at radius 2 is 1.83 bits per heavy atom. The van der Waals surface area contributed by atoms with E-state index in [9.17, 15) is 14.7 Å². The van der Waals surface area contributed by atoms with E-state index in [-0.39, 0.29) is 6.42 Å². The Labute approximate surface area is 149 Å². The van der Waals surface area contributed by atoms with Gasteiger partial charge in [0.2, 0.25) is 0 Å². The summed E-state index contributed by atoms with van der Waals surface area (Å²) >= 11 is 11.8. The summed E-state index contributed by atoms with van der Waals surface area (Å²) in [7, 11) is 1.49. The molecule has 0 bridgehead atoms. The number of carbonyl (C=O) groups excluding carboxylic acids is 1. The molecule has 0 fully saturated rings. The molecular weight excluding hydrogens is 353 g/mol. The van der Waals surface area contributed by atoms with Crippen LogP contribution in [-0.4, -0.2) is 30.1 Å². The number of hydrogen-bond donors (Lipinski definition) is 2. The van der Waals surface area contributed by atoms with Crippen LogP contribution in [0.2, 0.25) is 10.0 Å². The lowest BCUT2D eigenvalue weighted by Crippen LogP contribution is -2.42. The number of rotatable bonds is 6. The first kappa shape index (κ1) is 18.1. The van der Waals surface area contributed by atoms with Gasteiger partial charge < -0.3 is 15.2 Å². The Morgan fingerprint density at radius 1 is 1.17 bits per heavy atom. The van der Waals surface area contributed by atoms with Gasteiger partial charge in [-0.3, -0.25) is 4.79 Å². The number of methoxy groups -OCH3 is 1. The molecule has 24 heavy (non-hydrogen) atoms. The Kier molecular flexibility index (Phi) is 6.06. The highest BCUT2D eigenvalue weighted by molar-refractivity contribution is 6.32. The molecule has 0 aliphatic heterocycles. The molecule has 0 aliphatic carbocycles. The second kappa shape index (κ2) is 8.04. The number of amides is 1. The Bertz CT molecular complexity index is 747. The first-order valence-electron chi connectivity index (χ1n) is 7.02. The number of hydrogen-bond acceptors (Lipinski definition) is 3. The SMILES string of the molecule is COc1ccc(C[C@@H](NC(=O)c2ccc(Cl)cc2)C(=O)O)cc1Cl. The predicted molar refractivity (Wildman–Crippen MR) is 92.1 cm³/mol. The monoisotopic (exact) mass is 367 g/mol. The molecule has 2 aromatic rings. The molecule has 0 radical (unpaired) electrons. The summed E-state index contributed by atoms with van der Waals surface area (Å²) in [5.74, 6) is -1.12. The average molecular weight is 368 g/mol. The van der Waals surface area contributed by atoms with Crippen molar-refractivity contribution in [3.8, 4) is 5.75 Å². The van der Waals surface area contributed by atoms with E-state index in [4.69, 9.17) is 27.9 Å². The Hall–Kier alpha value is -2.24. The van der Waals surface area contributed by atoms with Gasteiger partial charge in [0, 0.05) is 17.0 Å². The van der Waals surface area contributed by atoms with Crippen molar-refractivity contribution >= 4 is 35.1 Å². The van der Waals surface area contributed by atoms with Crippen LogP contribution in [-0.2, 0) is 11.2 Å². The third-order valence-corrected chi connectivity index (χ3v) is 3.91. The van der Waals surface area contributed by atoms with Crippen LogP contribution in [0.5, 0.6) is 5.75 Å². The zero-order chi connectivity index (χ0) is 17.7. The second-order valence-electron chi connectivity index (χ2n) is 5.04. The van der Waals surface area contributed by atoms with Crippen LogP contribution in [0.25, 0.3) is 0 Å². The molecule has 0 unspecified atom stereocenters. The maximum Gasteiger partial charge on any atom is 0.326 e. The predicted octanol–water partition coefficient (Wildman–Crippen LogP) is 3.43.